The molecule has 0 atom stereocenters. The van der Waals surface area contributed by atoms with Gasteiger partial charge in [0.25, 0.3) is 5.91 Å². The lowest BCUT2D eigenvalue weighted by atomic mass is 10.2. The topological polar surface area (TPSA) is 84.5 Å². The molecule has 0 heterocycles. The van der Waals surface area contributed by atoms with Crippen LogP contribution in [-0.4, -0.2) is 35.9 Å². The molecule has 142 valence electrons. The Hall–Kier alpha value is -2.87. The Morgan fingerprint density at radius 2 is 1.63 bits per heavy atom. The molecule has 2 rings (SSSR count). The molecule has 2 amide bonds. The molecule has 0 spiro atoms. The van der Waals surface area contributed by atoms with Crippen LogP contribution in [0.2, 0.25) is 0 Å². The normalized spacial score (nSPS) is 10.1. The number of hydrogen-bond donors (Lipinski definition) is 2. The largest absolute Gasteiger partial charge is 0.455 e. The third kappa shape index (κ3) is 7.91. The Labute approximate surface area is 160 Å². The molecule has 6 nitrogen and oxygen atoms in total. The molecule has 0 aliphatic carbocycles. The van der Waals surface area contributed by atoms with E-state index in [0.717, 1.165) is 23.4 Å². The van der Waals surface area contributed by atoms with Crippen molar-refractivity contribution in [3.05, 3.63) is 59.9 Å². The van der Waals surface area contributed by atoms with Crippen LogP contribution in [-0.2, 0) is 19.1 Å². The van der Waals surface area contributed by atoms with Crippen molar-refractivity contribution in [1.29, 1.82) is 0 Å². The van der Waals surface area contributed by atoms with E-state index in [2.05, 4.69) is 10.6 Å². The first-order chi connectivity index (χ1) is 12.9. The molecule has 0 saturated carbocycles. The monoisotopic (exact) mass is 390 g/mol. The molecular weight excluding hydrogens is 371 g/mol. The molecule has 0 unspecified atom stereocenters. The summed E-state index contributed by atoms with van der Waals surface area (Å²) in [7, 11) is 0. The lowest BCUT2D eigenvalue weighted by molar-refractivity contribution is -0.144. The maximum atomic E-state index is 13.0. The maximum absolute atomic E-state index is 13.0. The van der Waals surface area contributed by atoms with Crippen LogP contribution in [0.25, 0.3) is 0 Å². The van der Waals surface area contributed by atoms with Crippen LogP contribution in [0.15, 0.2) is 48.5 Å². The number of carbonyl (C=O) groups excluding carboxylic acids is 3. The number of halogens is 1. The molecule has 8 heteroatoms. The van der Waals surface area contributed by atoms with Crippen molar-refractivity contribution >= 4 is 40.9 Å². The van der Waals surface area contributed by atoms with E-state index >= 15 is 0 Å². The molecule has 0 aliphatic heterocycles. The van der Waals surface area contributed by atoms with Crippen molar-refractivity contribution in [1.82, 2.24) is 0 Å². The summed E-state index contributed by atoms with van der Waals surface area (Å²) in [6.07, 6.45) is 0. The highest BCUT2D eigenvalue weighted by atomic mass is 32.2. The Balaban J connectivity index is 1.63. The zero-order valence-corrected chi connectivity index (χ0v) is 15.5. The van der Waals surface area contributed by atoms with Crippen molar-refractivity contribution in [2.24, 2.45) is 0 Å². The molecule has 2 aromatic rings. The van der Waals surface area contributed by atoms with Crippen LogP contribution >= 0.6 is 11.8 Å². The van der Waals surface area contributed by atoms with E-state index in [4.69, 9.17) is 4.74 Å². The maximum Gasteiger partial charge on any atom is 0.316 e. The third-order valence-electron chi connectivity index (χ3n) is 3.23. The van der Waals surface area contributed by atoms with Gasteiger partial charge < -0.3 is 15.4 Å². The quantitative estimate of drug-likeness (QED) is 0.677. The summed E-state index contributed by atoms with van der Waals surface area (Å²) >= 11 is 1.08. The van der Waals surface area contributed by atoms with Crippen LogP contribution in [0.1, 0.15) is 5.56 Å². The molecule has 2 aromatic carbocycles. The molecule has 0 aromatic heterocycles. The molecule has 0 saturated heterocycles. The van der Waals surface area contributed by atoms with Gasteiger partial charge in [0.05, 0.1) is 11.5 Å². The van der Waals surface area contributed by atoms with Gasteiger partial charge in [-0.3, -0.25) is 14.4 Å². The van der Waals surface area contributed by atoms with Gasteiger partial charge in [0.15, 0.2) is 6.61 Å². The zero-order valence-electron chi connectivity index (χ0n) is 14.7. The standard InChI is InChI=1S/C19H19FN2O4S/c1-13-4-2-6-15(8-13)22-18(24)11-27-12-19(25)26-10-17(23)21-16-7-3-5-14(20)9-16/h2-9H,10-12H2,1H3,(H,21,23)(H,22,24). The molecule has 0 radical (unpaired) electrons. The summed E-state index contributed by atoms with van der Waals surface area (Å²) in [6.45, 7) is 1.44. The number of aryl methyl sites for hydroxylation is 1. The number of ether oxygens (including phenoxy) is 1. The summed E-state index contributed by atoms with van der Waals surface area (Å²) in [5.41, 5.74) is 2.00. The minimum absolute atomic E-state index is 0.0610. The van der Waals surface area contributed by atoms with Gasteiger partial charge in [-0.05, 0) is 42.8 Å². The number of rotatable bonds is 8. The van der Waals surface area contributed by atoms with E-state index < -0.39 is 24.3 Å². The fraction of sp³-hybridized carbons (Fsp3) is 0.211. The number of amides is 2. The van der Waals surface area contributed by atoms with Crippen LogP contribution in [0, 0.1) is 12.7 Å². The average Bonchev–Trinajstić information content (AvgIpc) is 2.60. The zero-order chi connectivity index (χ0) is 19.6. The van der Waals surface area contributed by atoms with Crippen molar-refractivity contribution in [3.63, 3.8) is 0 Å². The van der Waals surface area contributed by atoms with Gasteiger partial charge in [-0.25, -0.2) is 4.39 Å². The summed E-state index contributed by atoms with van der Waals surface area (Å²) in [4.78, 5) is 35.1. The van der Waals surface area contributed by atoms with E-state index in [1.807, 2.05) is 25.1 Å². The Morgan fingerprint density at radius 3 is 2.33 bits per heavy atom. The number of nitrogens with one attached hydrogen (secondary N) is 2. The molecular formula is C19H19FN2O4S. The first-order valence-electron chi connectivity index (χ1n) is 8.07. The van der Waals surface area contributed by atoms with E-state index in [9.17, 15) is 18.8 Å². The van der Waals surface area contributed by atoms with Crippen molar-refractivity contribution in [2.75, 3.05) is 28.7 Å². The molecule has 0 bridgehead atoms. The number of benzene rings is 2. The van der Waals surface area contributed by atoms with Gasteiger partial charge in [-0.1, -0.05) is 18.2 Å². The Bertz CT molecular complexity index is 829. The third-order valence-corrected chi connectivity index (χ3v) is 4.13. The number of esters is 1. The van der Waals surface area contributed by atoms with Crippen LogP contribution in [0.5, 0.6) is 0 Å². The van der Waals surface area contributed by atoms with E-state index in [1.54, 1.807) is 6.07 Å². The number of carbonyl (C=O) groups is 3. The highest BCUT2D eigenvalue weighted by molar-refractivity contribution is 8.00. The van der Waals surface area contributed by atoms with Gasteiger partial charge in [-0.2, -0.15) is 0 Å². The van der Waals surface area contributed by atoms with Gasteiger partial charge in [0, 0.05) is 11.4 Å². The summed E-state index contributed by atoms with van der Waals surface area (Å²) < 4.78 is 17.8. The van der Waals surface area contributed by atoms with Gasteiger partial charge in [0.2, 0.25) is 5.91 Å². The predicted molar refractivity (Wildman–Crippen MR) is 103 cm³/mol. The van der Waals surface area contributed by atoms with Gasteiger partial charge in [0.1, 0.15) is 5.82 Å². The van der Waals surface area contributed by atoms with E-state index in [1.165, 1.54) is 18.2 Å². The van der Waals surface area contributed by atoms with Gasteiger partial charge >= 0.3 is 5.97 Å². The second-order valence-electron chi connectivity index (χ2n) is 5.63. The van der Waals surface area contributed by atoms with Crippen LogP contribution in [0.3, 0.4) is 0 Å². The number of hydrogen-bond acceptors (Lipinski definition) is 5. The average molecular weight is 390 g/mol. The Kier molecular flexibility index (Phi) is 7.81. The highest BCUT2D eigenvalue weighted by Crippen LogP contribution is 2.11. The Morgan fingerprint density at radius 1 is 0.963 bits per heavy atom. The minimum Gasteiger partial charge on any atom is -0.455 e. The fourth-order valence-corrected chi connectivity index (χ4v) is 2.71. The number of anilines is 2. The molecule has 27 heavy (non-hydrogen) atoms. The summed E-state index contributed by atoms with van der Waals surface area (Å²) in [6, 6.07) is 12.8. The first-order valence-corrected chi connectivity index (χ1v) is 9.23. The smallest absolute Gasteiger partial charge is 0.316 e. The van der Waals surface area contributed by atoms with Crippen LogP contribution in [0.4, 0.5) is 15.8 Å². The second-order valence-corrected chi connectivity index (χ2v) is 6.62. The van der Waals surface area contributed by atoms with Gasteiger partial charge in [-0.15, -0.1) is 11.8 Å². The predicted octanol–water partition coefficient (Wildman–Crippen LogP) is 2.99. The SMILES string of the molecule is Cc1cccc(NC(=O)CSCC(=O)OCC(=O)Nc2cccc(F)c2)c1. The van der Waals surface area contributed by atoms with E-state index in [0.29, 0.717) is 5.69 Å². The molecule has 2 N–H and O–H groups in total. The fourth-order valence-electron chi connectivity index (χ4n) is 2.10. The number of thioether (sulfide) groups is 1. The lowest BCUT2D eigenvalue weighted by Gasteiger charge is -2.07. The van der Waals surface area contributed by atoms with Crippen LogP contribution < -0.4 is 10.6 Å². The lowest BCUT2D eigenvalue weighted by Crippen LogP contribution is -2.22. The summed E-state index contributed by atoms with van der Waals surface area (Å²) in [5.74, 6) is -1.88. The first kappa shape index (κ1) is 20.4. The van der Waals surface area contributed by atoms with Crippen molar-refractivity contribution in [3.8, 4) is 0 Å². The van der Waals surface area contributed by atoms with Crippen molar-refractivity contribution < 1.29 is 23.5 Å². The highest BCUT2D eigenvalue weighted by Gasteiger charge is 2.10. The van der Waals surface area contributed by atoms with E-state index in [-0.39, 0.29) is 23.1 Å². The minimum atomic E-state index is -0.613. The van der Waals surface area contributed by atoms with Crippen molar-refractivity contribution in [2.45, 2.75) is 6.92 Å². The summed E-state index contributed by atoms with van der Waals surface area (Å²) in [5, 5.41) is 5.15. The second kappa shape index (κ2) is 10.3. The molecule has 0 fully saturated rings. The molecule has 0 aliphatic rings.